The van der Waals surface area contributed by atoms with Crippen molar-refractivity contribution in [2.75, 3.05) is 11.9 Å². The normalized spacial score (nSPS) is 13.5. The van der Waals surface area contributed by atoms with Crippen LogP contribution < -0.4 is 5.32 Å². The molecule has 3 aromatic rings. The number of fused-ring (bicyclic) bond motifs is 1. The zero-order valence-corrected chi connectivity index (χ0v) is 20.2. The number of aliphatic hydroxyl groups is 1. The second-order valence-corrected chi connectivity index (χ2v) is 11.0. The Labute approximate surface area is 187 Å². The molecule has 1 aromatic carbocycles. The van der Waals surface area contributed by atoms with Crippen molar-refractivity contribution in [2.45, 2.75) is 59.4 Å². The highest BCUT2D eigenvalue weighted by molar-refractivity contribution is 9.10. The number of aromatic nitrogens is 3. The Hall–Kier alpha value is -2.05. The van der Waals surface area contributed by atoms with Crippen molar-refractivity contribution in [3.63, 3.8) is 0 Å². The molecule has 160 valence electrons. The Morgan fingerprint density at radius 1 is 1.03 bits per heavy atom. The van der Waals surface area contributed by atoms with E-state index in [4.69, 9.17) is 4.98 Å². The van der Waals surface area contributed by atoms with Gasteiger partial charge in [-0.15, -0.1) is 0 Å². The van der Waals surface area contributed by atoms with Crippen molar-refractivity contribution < 1.29 is 5.11 Å². The summed E-state index contributed by atoms with van der Waals surface area (Å²) in [5, 5.41) is 14.9. The lowest BCUT2D eigenvalue weighted by molar-refractivity contribution is 0.278. The number of anilines is 1. The molecule has 1 atom stereocenters. The van der Waals surface area contributed by atoms with Crippen LogP contribution >= 0.6 is 15.9 Å². The number of halogens is 1. The average molecular weight is 471 g/mol. The molecule has 2 N–H and O–H groups in total. The molecule has 2 aromatic heterocycles. The van der Waals surface area contributed by atoms with Crippen molar-refractivity contribution in [2.24, 2.45) is 5.41 Å². The standard InChI is InChI=1S/C24H31BrN4O/c1-23(2,3)12-17-11-21(27-14-26-17)19(13-30)18-10-15-9-16(25)7-8-20(15)28-22(18)29-24(4,5)6/h7-11,14,19,30H,12-13H2,1-6H3,(H,28,29). The number of rotatable bonds is 5. The molecular formula is C24H31BrN4O. The third-order valence-electron chi connectivity index (χ3n) is 4.67. The first-order valence-corrected chi connectivity index (χ1v) is 11.0. The molecule has 0 aliphatic carbocycles. The molecule has 0 bridgehead atoms. The first kappa shape index (κ1) is 22.6. The van der Waals surface area contributed by atoms with Gasteiger partial charge < -0.3 is 10.4 Å². The van der Waals surface area contributed by atoms with Gasteiger partial charge >= 0.3 is 0 Å². The van der Waals surface area contributed by atoms with Crippen LogP contribution in [0.25, 0.3) is 10.9 Å². The number of pyridine rings is 1. The SMILES string of the molecule is CC(C)(C)Cc1cc(C(CO)c2cc3cc(Br)ccc3nc2NC(C)(C)C)ncn1. The fourth-order valence-corrected chi connectivity index (χ4v) is 3.86. The molecule has 2 heterocycles. The number of hydrogen-bond donors (Lipinski definition) is 2. The van der Waals surface area contributed by atoms with Crippen molar-refractivity contribution in [1.29, 1.82) is 0 Å². The first-order chi connectivity index (χ1) is 13.9. The fraction of sp³-hybridized carbons (Fsp3) is 0.458. The minimum atomic E-state index is -0.299. The van der Waals surface area contributed by atoms with Gasteiger partial charge in [0.1, 0.15) is 12.1 Å². The second kappa shape index (κ2) is 8.60. The Morgan fingerprint density at radius 2 is 1.77 bits per heavy atom. The van der Waals surface area contributed by atoms with E-state index in [2.05, 4.69) is 78.8 Å². The summed E-state index contributed by atoms with van der Waals surface area (Å²) in [5.41, 5.74) is 3.57. The van der Waals surface area contributed by atoms with Crippen LogP contribution in [-0.2, 0) is 6.42 Å². The van der Waals surface area contributed by atoms with Crippen molar-refractivity contribution in [3.8, 4) is 0 Å². The van der Waals surface area contributed by atoms with E-state index in [-0.39, 0.29) is 23.5 Å². The highest BCUT2D eigenvalue weighted by Gasteiger charge is 2.24. The number of benzene rings is 1. The van der Waals surface area contributed by atoms with Gasteiger partial charge in [0.05, 0.1) is 23.7 Å². The quantitative estimate of drug-likeness (QED) is 0.499. The number of nitrogens with one attached hydrogen (secondary N) is 1. The van der Waals surface area contributed by atoms with E-state index < -0.39 is 0 Å². The Bertz CT molecular complexity index is 1040. The maximum atomic E-state index is 10.4. The van der Waals surface area contributed by atoms with E-state index in [1.165, 1.54) is 0 Å². The van der Waals surface area contributed by atoms with Crippen molar-refractivity contribution >= 4 is 32.7 Å². The summed E-state index contributed by atoms with van der Waals surface area (Å²) in [4.78, 5) is 13.9. The van der Waals surface area contributed by atoms with Crippen LogP contribution in [0.5, 0.6) is 0 Å². The van der Waals surface area contributed by atoms with Crippen LogP contribution in [0.1, 0.15) is 64.4 Å². The summed E-state index contributed by atoms with van der Waals surface area (Å²) in [6.45, 7) is 12.8. The molecule has 6 heteroatoms. The van der Waals surface area contributed by atoms with E-state index in [1.807, 2.05) is 24.3 Å². The number of aliphatic hydroxyl groups excluding tert-OH is 1. The van der Waals surface area contributed by atoms with Crippen LogP contribution in [0.15, 0.2) is 41.1 Å². The first-order valence-electron chi connectivity index (χ1n) is 10.3. The van der Waals surface area contributed by atoms with Crippen LogP contribution in [-0.4, -0.2) is 32.2 Å². The predicted octanol–water partition coefficient (Wildman–Crippen LogP) is 5.71. The van der Waals surface area contributed by atoms with Gasteiger partial charge in [0.25, 0.3) is 0 Å². The third-order valence-corrected chi connectivity index (χ3v) is 5.16. The molecule has 0 spiro atoms. The smallest absolute Gasteiger partial charge is 0.131 e. The highest BCUT2D eigenvalue weighted by atomic mass is 79.9. The summed E-state index contributed by atoms with van der Waals surface area (Å²) in [6, 6.07) is 10.2. The van der Waals surface area contributed by atoms with E-state index in [1.54, 1.807) is 6.33 Å². The van der Waals surface area contributed by atoms with Gasteiger partial charge in [0.2, 0.25) is 0 Å². The molecule has 30 heavy (non-hydrogen) atoms. The minimum Gasteiger partial charge on any atom is -0.395 e. The molecule has 0 aliphatic rings. The summed E-state index contributed by atoms with van der Waals surface area (Å²) >= 11 is 3.55. The van der Waals surface area contributed by atoms with Crippen molar-refractivity contribution in [1.82, 2.24) is 15.0 Å². The Morgan fingerprint density at radius 3 is 2.40 bits per heavy atom. The molecular weight excluding hydrogens is 440 g/mol. The van der Waals surface area contributed by atoms with E-state index in [0.29, 0.717) is 0 Å². The Balaban J connectivity index is 2.14. The maximum absolute atomic E-state index is 10.4. The molecule has 0 aliphatic heterocycles. The maximum Gasteiger partial charge on any atom is 0.131 e. The van der Waals surface area contributed by atoms with Gasteiger partial charge in [-0.2, -0.15) is 0 Å². The monoisotopic (exact) mass is 470 g/mol. The van der Waals surface area contributed by atoms with Gasteiger partial charge in [-0.25, -0.2) is 15.0 Å². The second-order valence-electron chi connectivity index (χ2n) is 10.0. The Kier molecular flexibility index (Phi) is 6.48. The average Bonchev–Trinajstić information content (AvgIpc) is 2.60. The van der Waals surface area contributed by atoms with Crippen LogP contribution in [0.3, 0.4) is 0 Å². The van der Waals surface area contributed by atoms with Gasteiger partial charge in [-0.1, -0.05) is 36.7 Å². The van der Waals surface area contributed by atoms with Crippen molar-refractivity contribution in [3.05, 3.63) is 58.1 Å². The van der Waals surface area contributed by atoms with E-state index in [0.717, 1.165) is 44.6 Å². The largest absolute Gasteiger partial charge is 0.395 e. The van der Waals surface area contributed by atoms with E-state index in [9.17, 15) is 5.11 Å². The zero-order chi connectivity index (χ0) is 22.1. The molecule has 5 nitrogen and oxygen atoms in total. The molecule has 3 rings (SSSR count). The molecule has 0 saturated carbocycles. The summed E-state index contributed by atoms with van der Waals surface area (Å²) < 4.78 is 0.995. The van der Waals surface area contributed by atoms with Crippen LogP contribution in [0, 0.1) is 5.41 Å². The lowest BCUT2D eigenvalue weighted by atomic mass is 9.89. The molecule has 0 fully saturated rings. The minimum absolute atomic E-state index is 0.0635. The van der Waals surface area contributed by atoms with Crippen LogP contribution in [0.2, 0.25) is 0 Å². The molecule has 0 amide bonds. The lowest BCUT2D eigenvalue weighted by Gasteiger charge is -2.26. The van der Waals surface area contributed by atoms with Gasteiger partial charge in [0.15, 0.2) is 0 Å². The van der Waals surface area contributed by atoms with Gasteiger partial charge in [0, 0.05) is 26.7 Å². The highest BCUT2D eigenvalue weighted by Crippen LogP contribution is 2.33. The number of hydrogen-bond acceptors (Lipinski definition) is 5. The zero-order valence-electron chi connectivity index (χ0n) is 18.6. The molecule has 1 unspecified atom stereocenters. The molecule has 0 saturated heterocycles. The predicted molar refractivity (Wildman–Crippen MR) is 127 cm³/mol. The number of nitrogens with zero attached hydrogens (tertiary/aromatic N) is 3. The fourth-order valence-electron chi connectivity index (χ4n) is 3.48. The summed E-state index contributed by atoms with van der Waals surface area (Å²) in [7, 11) is 0. The third kappa shape index (κ3) is 5.76. The lowest BCUT2D eigenvalue weighted by Crippen LogP contribution is -2.28. The topological polar surface area (TPSA) is 70.9 Å². The van der Waals surface area contributed by atoms with E-state index >= 15 is 0 Å². The van der Waals surface area contributed by atoms with Gasteiger partial charge in [-0.05, 0) is 62.9 Å². The summed E-state index contributed by atoms with van der Waals surface area (Å²) in [6.07, 6.45) is 2.44. The van der Waals surface area contributed by atoms with Crippen LogP contribution in [0.4, 0.5) is 5.82 Å². The van der Waals surface area contributed by atoms with Gasteiger partial charge in [-0.3, -0.25) is 0 Å². The molecule has 0 radical (unpaired) electrons. The summed E-state index contributed by atoms with van der Waals surface area (Å²) in [5.74, 6) is 0.472.